The summed E-state index contributed by atoms with van der Waals surface area (Å²) in [5.74, 6) is -0.112. The zero-order valence-corrected chi connectivity index (χ0v) is 11.1. The Morgan fingerprint density at radius 2 is 2.06 bits per heavy atom. The second-order valence-corrected chi connectivity index (χ2v) is 4.64. The lowest BCUT2D eigenvalue weighted by atomic mass is 10.2. The average molecular weight is 306 g/mol. The minimum Gasteiger partial charge on any atom is -0.397 e. The van der Waals surface area contributed by atoms with Crippen molar-refractivity contribution in [1.29, 1.82) is 0 Å². The van der Waals surface area contributed by atoms with Gasteiger partial charge in [-0.05, 0) is 40.2 Å². The summed E-state index contributed by atoms with van der Waals surface area (Å²) in [5.41, 5.74) is 7.56. The van der Waals surface area contributed by atoms with E-state index in [1.807, 2.05) is 24.3 Å². The number of benzene rings is 1. The number of nitrogens with zero attached hydrogens (tertiary/aromatic N) is 1. The molecule has 0 aliphatic carbocycles. The topological polar surface area (TPSA) is 68.0 Å². The van der Waals surface area contributed by atoms with Crippen LogP contribution in [0.1, 0.15) is 5.69 Å². The zero-order valence-electron chi connectivity index (χ0n) is 9.56. The van der Waals surface area contributed by atoms with Crippen molar-refractivity contribution in [1.82, 2.24) is 4.98 Å². The molecule has 0 unspecified atom stereocenters. The first-order valence-electron chi connectivity index (χ1n) is 5.40. The lowest BCUT2D eigenvalue weighted by Crippen LogP contribution is -2.15. The Labute approximate surface area is 113 Å². The third kappa shape index (κ3) is 3.30. The number of hydrogen-bond acceptors (Lipinski definition) is 3. The second-order valence-electron chi connectivity index (χ2n) is 3.79. The highest BCUT2D eigenvalue weighted by Crippen LogP contribution is 2.21. The largest absolute Gasteiger partial charge is 0.397 e. The molecular formula is C13H12BrN3O. The number of pyridine rings is 1. The van der Waals surface area contributed by atoms with E-state index in [0.29, 0.717) is 11.4 Å². The van der Waals surface area contributed by atoms with Gasteiger partial charge in [-0.2, -0.15) is 0 Å². The highest BCUT2D eigenvalue weighted by molar-refractivity contribution is 9.10. The highest BCUT2D eigenvalue weighted by Gasteiger charge is 2.06. The van der Waals surface area contributed by atoms with Crippen molar-refractivity contribution >= 4 is 33.2 Å². The highest BCUT2D eigenvalue weighted by atomic mass is 79.9. The molecule has 1 heterocycles. The molecule has 0 atom stereocenters. The smallest absolute Gasteiger partial charge is 0.230 e. The summed E-state index contributed by atoms with van der Waals surface area (Å²) >= 11 is 3.37. The molecule has 3 N–H and O–H groups in total. The van der Waals surface area contributed by atoms with Gasteiger partial charge in [-0.15, -0.1) is 0 Å². The molecule has 2 aromatic rings. The third-order valence-corrected chi connectivity index (χ3v) is 3.03. The van der Waals surface area contributed by atoms with Crippen LogP contribution in [-0.2, 0) is 11.2 Å². The van der Waals surface area contributed by atoms with E-state index in [0.717, 1.165) is 10.2 Å². The van der Waals surface area contributed by atoms with Crippen LogP contribution in [0.25, 0.3) is 0 Å². The van der Waals surface area contributed by atoms with Crippen molar-refractivity contribution in [2.75, 3.05) is 11.1 Å². The molecule has 0 aliphatic heterocycles. The van der Waals surface area contributed by atoms with E-state index >= 15 is 0 Å². The van der Waals surface area contributed by atoms with Gasteiger partial charge in [-0.25, -0.2) is 0 Å². The number of carbonyl (C=O) groups is 1. The first-order valence-corrected chi connectivity index (χ1v) is 6.19. The van der Waals surface area contributed by atoms with Gasteiger partial charge in [-0.3, -0.25) is 9.78 Å². The van der Waals surface area contributed by atoms with Crippen LogP contribution in [0.2, 0.25) is 0 Å². The summed E-state index contributed by atoms with van der Waals surface area (Å²) in [6.07, 6.45) is 1.77. The molecule has 0 aliphatic rings. The number of amides is 1. The SMILES string of the molecule is Nc1ccc(CC(=O)Nc2ccccc2Br)nc1. The number of nitrogens with one attached hydrogen (secondary N) is 1. The normalized spacial score (nSPS) is 10.1. The summed E-state index contributed by atoms with van der Waals surface area (Å²) in [6, 6.07) is 10.9. The molecule has 4 nitrogen and oxygen atoms in total. The van der Waals surface area contributed by atoms with Gasteiger partial charge >= 0.3 is 0 Å². The molecule has 5 heteroatoms. The molecule has 0 saturated carbocycles. The van der Waals surface area contributed by atoms with Crippen LogP contribution >= 0.6 is 15.9 Å². The molecule has 0 bridgehead atoms. The molecule has 1 amide bonds. The maximum Gasteiger partial charge on any atom is 0.230 e. The fraction of sp³-hybridized carbons (Fsp3) is 0.0769. The maximum atomic E-state index is 11.8. The molecule has 0 fully saturated rings. The Balaban J connectivity index is 2.01. The van der Waals surface area contributed by atoms with E-state index in [1.165, 1.54) is 0 Å². The number of halogens is 1. The predicted molar refractivity (Wildman–Crippen MR) is 75.1 cm³/mol. The first-order chi connectivity index (χ1) is 8.65. The molecule has 18 heavy (non-hydrogen) atoms. The number of anilines is 2. The van der Waals surface area contributed by atoms with Crippen LogP contribution in [0, 0.1) is 0 Å². The summed E-state index contributed by atoms with van der Waals surface area (Å²) in [5, 5.41) is 2.82. The number of rotatable bonds is 3. The van der Waals surface area contributed by atoms with E-state index in [2.05, 4.69) is 26.2 Å². The lowest BCUT2D eigenvalue weighted by molar-refractivity contribution is -0.115. The molecule has 0 radical (unpaired) electrons. The van der Waals surface area contributed by atoms with Gasteiger partial charge < -0.3 is 11.1 Å². The van der Waals surface area contributed by atoms with Crippen molar-refractivity contribution in [3.05, 3.63) is 52.8 Å². The molecule has 0 saturated heterocycles. The Kier molecular flexibility index (Phi) is 3.94. The standard InChI is InChI=1S/C13H12BrN3O/c14-11-3-1-2-4-12(11)17-13(18)7-10-6-5-9(15)8-16-10/h1-6,8H,7,15H2,(H,17,18). The van der Waals surface area contributed by atoms with Gasteiger partial charge in [0.25, 0.3) is 0 Å². The lowest BCUT2D eigenvalue weighted by Gasteiger charge is -2.06. The number of carbonyl (C=O) groups excluding carboxylic acids is 1. The predicted octanol–water partition coefficient (Wildman–Crippen LogP) is 2.61. The van der Waals surface area contributed by atoms with Gasteiger partial charge in [0.05, 0.1) is 24.0 Å². The molecule has 0 spiro atoms. The Hall–Kier alpha value is -1.88. The van der Waals surface area contributed by atoms with Gasteiger partial charge in [0, 0.05) is 10.2 Å². The Morgan fingerprint density at radius 1 is 1.28 bits per heavy atom. The van der Waals surface area contributed by atoms with Crippen molar-refractivity contribution in [3.8, 4) is 0 Å². The number of aromatic nitrogens is 1. The first kappa shape index (κ1) is 12.6. The summed E-state index contributed by atoms with van der Waals surface area (Å²) in [4.78, 5) is 15.9. The molecule has 1 aromatic heterocycles. The third-order valence-electron chi connectivity index (χ3n) is 2.34. The Bertz CT molecular complexity index is 554. The van der Waals surface area contributed by atoms with Crippen LogP contribution in [0.4, 0.5) is 11.4 Å². The quantitative estimate of drug-likeness (QED) is 0.916. The summed E-state index contributed by atoms with van der Waals surface area (Å²) in [7, 11) is 0. The van der Waals surface area contributed by atoms with Crippen LogP contribution in [0.3, 0.4) is 0 Å². The number of nitrogens with two attached hydrogens (primary N) is 1. The van der Waals surface area contributed by atoms with E-state index < -0.39 is 0 Å². The Morgan fingerprint density at radius 3 is 2.72 bits per heavy atom. The van der Waals surface area contributed by atoms with Gasteiger partial charge in [0.1, 0.15) is 0 Å². The number of para-hydroxylation sites is 1. The zero-order chi connectivity index (χ0) is 13.0. The number of nitrogen functional groups attached to an aromatic ring is 1. The fourth-order valence-corrected chi connectivity index (χ4v) is 1.85. The molecule has 2 rings (SSSR count). The summed E-state index contributed by atoms with van der Waals surface area (Å²) < 4.78 is 0.851. The van der Waals surface area contributed by atoms with Crippen molar-refractivity contribution < 1.29 is 4.79 Å². The maximum absolute atomic E-state index is 11.8. The minimum atomic E-state index is -0.112. The monoisotopic (exact) mass is 305 g/mol. The molecular weight excluding hydrogens is 294 g/mol. The van der Waals surface area contributed by atoms with Crippen LogP contribution < -0.4 is 11.1 Å². The van der Waals surface area contributed by atoms with Gasteiger partial charge in [0.15, 0.2) is 0 Å². The van der Waals surface area contributed by atoms with Crippen LogP contribution in [-0.4, -0.2) is 10.9 Å². The van der Waals surface area contributed by atoms with E-state index in [4.69, 9.17) is 5.73 Å². The fourth-order valence-electron chi connectivity index (χ4n) is 1.46. The number of hydrogen-bond donors (Lipinski definition) is 2. The van der Waals surface area contributed by atoms with Gasteiger partial charge in [0.2, 0.25) is 5.91 Å². The van der Waals surface area contributed by atoms with Crippen molar-refractivity contribution in [2.24, 2.45) is 0 Å². The van der Waals surface area contributed by atoms with Crippen molar-refractivity contribution in [2.45, 2.75) is 6.42 Å². The average Bonchev–Trinajstić information content (AvgIpc) is 2.35. The molecule has 1 aromatic carbocycles. The van der Waals surface area contributed by atoms with E-state index in [9.17, 15) is 4.79 Å². The second kappa shape index (κ2) is 5.64. The van der Waals surface area contributed by atoms with Crippen LogP contribution in [0.5, 0.6) is 0 Å². The van der Waals surface area contributed by atoms with Crippen LogP contribution in [0.15, 0.2) is 47.1 Å². The molecule has 92 valence electrons. The minimum absolute atomic E-state index is 0.112. The van der Waals surface area contributed by atoms with Crippen molar-refractivity contribution in [3.63, 3.8) is 0 Å². The summed E-state index contributed by atoms with van der Waals surface area (Å²) in [6.45, 7) is 0. The van der Waals surface area contributed by atoms with E-state index in [-0.39, 0.29) is 12.3 Å². The van der Waals surface area contributed by atoms with E-state index in [1.54, 1.807) is 18.3 Å². The van der Waals surface area contributed by atoms with Gasteiger partial charge in [-0.1, -0.05) is 12.1 Å².